The molecular weight excluding hydrogens is 234 g/mol. The molecule has 0 aliphatic carbocycles. The number of ether oxygens (including phenoxy) is 1. The fraction of sp³-hybridized carbons (Fsp3) is 0.917. The monoisotopic (exact) mass is 257 g/mol. The number of morpholine rings is 1. The molecule has 2 heterocycles. The Morgan fingerprint density at radius 1 is 1.56 bits per heavy atom. The van der Waals surface area contributed by atoms with E-state index in [2.05, 4.69) is 5.32 Å². The predicted octanol–water partition coefficient (Wildman–Crippen LogP) is -1.50. The van der Waals surface area contributed by atoms with E-state index in [0.717, 1.165) is 6.54 Å². The van der Waals surface area contributed by atoms with Gasteiger partial charge in [-0.2, -0.15) is 0 Å². The predicted molar refractivity (Wildman–Crippen MR) is 67.3 cm³/mol. The van der Waals surface area contributed by atoms with Gasteiger partial charge in [0.05, 0.1) is 19.3 Å². The summed E-state index contributed by atoms with van der Waals surface area (Å²) < 4.78 is 5.32. The number of rotatable bonds is 3. The average Bonchev–Trinajstić information content (AvgIpc) is 2.69. The molecule has 6 heteroatoms. The van der Waals surface area contributed by atoms with Crippen LogP contribution in [-0.4, -0.2) is 85.9 Å². The van der Waals surface area contributed by atoms with Crippen molar-refractivity contribution >= 4 is 5.91 Å². The Labute approximate surface area is 108 Å². The van der Waals surface area contributed by atoms with E-state index in [1.807, 2.05) is 19.0 Å². The molecule has 0 aromatic rings. The largest absolute Gasteiger partial charge is 0.391 e. The third kappa shape index (κ3) is 3.20. The molecule has 2 aliphatic rings. The van der Waals surface area contributed by atoms with Crippen molar-refractivity contribution in [2.75, 3.05) is 46.9 Å². The van der Waals surface area contributed by atoms with E-state index in [0.29, 0.717) is 32.7 Å². The van der Waals surface area contributed by atoms with Gasteiger partial charge in [-0.25, -0.2) is 0 Å². The van der Waals surface area contributed by atoms with Crippen LogP contribution < -0.4 is 5.32 Å². The number of aliphatic hydroxyl groups excluding tert-OH is 1. The number of hydrogen-bond acceptors (Lipinski definition) is 5. The van der Waals surface area contributed by atoms with Crippen molar-refractivity contribution in [2.45, 2.75) is 24.6 Å². The lowest BCUT2D eigenvalue weighted by molar-refractivity contribution is -0.137. The molecule has 6 nitrogen and oxygen atoms in total. The highest BCUT2D eigenvalue weighted by atomic mass is 16.5. The fourth-order valence-corrected chi connectivity index (χ4v) is 2.68. The first-order valence-corrected chi connectivity index (χ1v) is 6.52. The Hall–Kier alpha value is -0.690. The van der Waals surface area contributed by atoms with E-state index in [4.69, 9.17) is 4.74 Å². The molecule has 104 valence electrons. The van der Waals surface area contributed by atoms with Crippen molar-refractivity contribution in [2.24, 2.45) is 0 Å². The molecule has 2 N–H and O–H groups in total. The second-order valence-electron chi connectivity index (χ2n) is 5.38. The van der Waals surface area contributed by atoms with Gasteiger partial charge in [0.1, 0.15) is 6.04 Å². The van der Waals surface area contributed by atoms with Crippen molar-refractivity contribution in [3.63, 3.8) is 0 Å². The zero-order valence-corrected chi connectivity index (χ0v) is 11.1. The second-order valence-corrected chi connectivity index (χ2v) is 5.38. The van der Waals surface area contributed by atoms with Crippen LogP contribution in [0.15, 0.2) is 0 Å². The fourth-order valence-electron chi connectivity index (χ4n) is 2.68. The molecule has 2 saturated heterocycles. The Balaban J connectivity index is 1.97. The van der Waals surface area contributed by atoms with Gasteiger partial charge in [0.25, 0.3) is 0 Å². The maximum Gasteiger partial charge on any atom is 0.242 e. The first-order valence-electron chi connectivity index (χ1n) is 6.52. The lowest BCUT2D eigenvalue weighted by atomic mass is 10.1. The molecule has 0 spiro atoms. The Bertz CT molecular complexity index is 292. The van der Waals surface area contributed by atoms with E-state index in [-0.39, 0.29) is 18.0 Å². The van der Waals surface area contributed by atoms with Gasteiger partial charge in [-0.05, 0) is 20.5 Å². The summed E-state index contributed by atoms with van der Waals surface area (Å²) in [5.74, 6) is 0.0538. The van der Waals surface area contributed by atoms with Crippen LogP contribution in [0.1, 0.15) is 6.42 Å². The van der Waals surface area contributed by atoms with Gasteiger partial charge in [0.15, 0.2) is 0 Å². The maximum absolute atomic E-state index is 12.4. The van der Waals surface area contributed by atoms with E-state index in [1.165, 1.54) is 0 Å². The number of nitrogens with zero attached hydrogens (tertiary/aromatic N) is 2. The summed E-state index contributed by atoms with van der Waals surface area (Å²) >= 11 is 0. The van der Waals surface area contributed by atoms with Crippen LogP contribution in [0.5, 0.6) is 0 Å². The van der Waals surface area contributed by atoms with E-state index >= 15 is 0 Å². The van der Waals surface area contributed by atoms with Crippen molar-refractivity contribution in [1.29, 1.82) is 0 Å². The van der Waals surface area contributed by atoms with Gasteiger partial charge in [-0.3, -0.25) is 4.79 Å². The van der Waals surface area contributed by atoms with Crippen LogP contribution in [0.2, 0.25) is 0 Å². The highest BCUT2D eigenvalue weighted by Crippen LogP contribution is 2.20. The Morgan fingerprint density at radius 2 is 2.33 bits per heavy atom. The topological polar surface area (TPSA) is 65.0 Å². The average molecular weight is 257 g/mol. The minimum atomic E-state index is -0.400. The van der Waals surface area contributed by atoms with Crippen molar-refractivity contribution < 1.29 is 14.6 Å². The molecule has 0 bridgehead atoms. The Kier molecular flexibility index (Phi) is 4.55. The summed E-state index contributed by atoms with van der Waals surface area (Å²) in [6.45, 7) is 3.03. The number of β-amino-alcohol motifs (C(OH)–C–C–N with tert-alkyl or cyclic N) is 1. The van der Waals surface area contributed by atoms with Gasteiger partial charge >= 0.3 is 0 Å². The van der Waals surface area contributed by atoms with Crippen molar-refractivity contribution in [3.8, 4) is 0 Å². The minimum Gasteiger partial charge on any atom is -0.391 e. The zero-order valence-electron chi connectivity index (χ0n) is 11.1. The lowest BCUT2D eigenvalue weighted by Gasteiger charge is -2.32. The summed E-state index contributed by atoms with van der Waals surface area (Å²) in [7, 11) is 3.96. The zero-order chi connectivity index (χ0) is 13.1. The van der Waals surface area contributed by atoms with Crippen LogP contribution in [0, 0.1) is 0 Å². The summed E-state index contributed by atoms with van der Waals surface area (Å²) in [5, 5.41) is 12.9. The number of hydrogen-bond donors (Lipinski definition) is 2. The number of amides is 1. The molecule has 0 aromatic heterocycles. The molecule has 0 saturated carbocycles. The maximum atomic E-state index is 12.4. The van der Waals surface area contributed by atoms with Crippen LogP contribution in [0.4, 0.5) is 0 Å². The summed E-state index contributed by atoms with van der Waals surface area (Å²) in [6, 6.07) is -0.153. The molecule has 3 atom stereocenters. The molecule has 0 aromatic carbocycles. The number of carbonyl (C=O) groups excluding carboxylic acids is 1. The minimum absolute atomic E-state index is 0.0538. The van der Waals surface area contributed by atoms with E-state index in [9.17, 15) is 9.90 Å². The van der Waals surface area contributed by atoms with Crippen LogP contribution >= 0.6 is 0 Å². The molecule has 3 unspecified atom stereocenters. The summed E-state index contributed by atoms with van der Waals surface area (Å²) in [5.41, 5.74) is 0. The van der Waals surface area contributed by atoms with Gasteiger partial charge in [0, 0.05) is 25.7 Å². The summed E-state index contributed by atoms with van der Waals surface area (Å²) in [4.78, 5) is 16.2. The van der Waals surface area contributed by atoms with Crippen molar-refractivity contribution in [1.82, 2.24) is 15.1 Å². The van der Waals surface area contributed by atoms with E-state index < -0.39 is 6.10 Å². The third-order valence-electron chi connectivity index (χ3n) is 3.47. The number of nitrogens with one attached hydrogen (secondary N) is 1. The number of likely N-dealkylation sites (N-methyl/N-ethyl adjacent to an activating group) is 1. The SMILES string of the molecule is CN(C)CC1CC(O)CN1C(=O)C1COCCN1. The van der Waals surface area contributed by atoms with Crippen LogP contribution in [0.3, 0.4) is 0 Å². The Morgan fingerprint density at radius 3 is 2.94 bits per heavy atom. The summed E-state index contributed by atoms with van der Waals surface area (Å²) in [6.07, 6.45) is 0.265. The van der Waals surface area contributed by atoms with Gasteiger partial charge in [-0.1, -0.05) is 0 Å². The van der Waals surface area contributed by atoms with Crippen LogP contribution in [-0.2, 0) is 9.53 Å². The molecule has 18 heavy (non-hydrogen) atoms. The van der Waals surface area contributed by atoms with Gasteiger partial charge in [-0.15, -0.1) is 0 Å². The molecular formula is C12H23N3O3. The third-order valence-corrected chi connectivity index (χ3v) is 3.47. The quantitative estimate of drug-likeness (QED) is 0.644. The first kappa shape index (κ1) is 13.7. The van der Waals surface area contributed by atoms with Gasteiger partial charge < -0.3 is 25.0 Å². The lowest BCUT2D eigenvalue weighted by Crippen LogP contribution is -2.54. The smallest absolute Gasteiger partial charge is 0.242 e. The standard InChI is InChI=1S/C12H23N3O3/c1-14(2)6-9-5-10(16)7-15(9)12(17)11-8-18-4-3-13-11/h9-11,13,16H,3-8H2,1-2H3. The number of likely N-dealkylation sites (tertiary alicyclic amines) is 1. The van der Waals surface area contributed by atoms with Gasteiger partial charge in [0.2, 0.25) is 5.91 Å². The number of carbonyl (C=O) groups is 1. The highest BCUT2D eigenvalue weighted by Gasteiger charge is 2.37. The van der Waals surface area contributed by atoms with E-state index in [1.54, 1.807) is 4.90 Å². The molecule has 1 amide bonds. The first-order chi connectivity index (χ1) is 8.58. The normalized spacial score (nSPS) is 33.1. The number of aliphatic hydroxyl groups is 1. The molecule has 2 fully saturated rings. The second kappa shape index (κ2) is 5.97. The van der Waals surface area contributed by atoms with Crippen molar-refractivity contribution in [3.05, 3.63) is 0 Å². The molecule has 2 aliphatic heterocycles. The highest BCUT2D eigenvalue weighted by molar-refractivity contribution is 5.82. The molecule has 0 radical (unpaired) electrons. The molecule has 2 rings (SSSR count). The van der Waals surface area contributed by atoms with Crippen LogP contribution in [0.25, 0.3) is 0 Å².